The van der Waals surface area contributed by atoms with E-state index in [1.807, 2.05) is 18.5 Å². The molecule has 4 rings (SSSR count). The molecular formula is C27H36N6. The second-order valence-electron chi connectivity index (χ2n) is 8.77. The first-order valence-electron chi connectivity index (χ1n) is 12.1. The van der Waals surface area contributed by atoms with Crippen molar-refractivity contribution in [1.82, 2.24) is 25.1 Å². The van der Waals surface area contributed by atoms with Gasteiger partial charge in [0.05, 0.1) is 0 Å². The van der Waals surface area contributed by atoms with Crippen molar-refractivity contribution in [1.29, 1.82) is 0 Å². The summed E-state index contributed by atoms with van der Waals surface area (Å²) in [5.74, 6) is 1.85. The maximum Gasteiger partial charge on any atom is 0.191 e. The first kappa shape index (κ1) is 23.1. The van der Waals surface area contributed by atoms with Crippen LogP contribution in [-0.4, -0.2) is 46.1 Å². The number of benzene rings is 2. The van der Waals surface area contributed by atoms with E-state index in [2.05, 4.69) is 87.5 Å². The van der Waals surface area contributed by atoms with Crippen molar-refractivity contribution >= 4 is 5.96 Å². The van der Waals surface area contributed by atoms with Crippen molar-refractivity contribution in [2.45, 2.75) is 52.4 Å². The second-order valence-corrected chi connectivity index (χ2v) is 8.77. The topological polar surface area (TPSA) is 57.5 Å². The van der Waals surface area contributed by atoms with Gasteiger partial charge in [-0.25, -0.2) is 9.98 Å². The van der Waals surface area contributed by atoms with Crippen LogP contribution < -0.4 is 10.6 Å². The summed E-state index contributed by atoms with van der Waals surface area (Å²) in [7, 11) is 0. The van der Waals surface area contributed by atoms with E-state index in [-0.39, 0.29) is 0 Å². The highest BCUT2D eigenvalue weighted by molar-refractivity contribution is 5.80. The number of likely N-dealkylation sites (tertiary alicyclic amines) is 1. The summed E-state index contributed by atoms with van der Waals surface area (Å²) >= 11 is 0. The zero-order valence-corrected chi connectivity index (χ0v) is 19.9. The number of nitrogens with one attached hydrogen (secondary N) is 2. The lowest BCUT2D eigenvalue weighted by Crippen LogP contribution is -2.48. The van der Waals surface area contributed by atoms with Gasteiger partial charge in [0.15, 0.2) is 5.96 Å². The lowest BCUT2D eigenvalue weighted by molar-refractivity contribution is 0.198. The summed E-state index contributed by atoms with van der Waals surface area (Å²) in [6.07, 6.45) is 6.14. The summed E-state index contributed by atoms with van der Waals surface area (Å²) in [6, 6.07) is 19.6. The van der Waals surface area contributed by atoms with Crippen molar-refractivity contribution in [3.8, 4) is 0 Å². The molecule has 174 valence electrons. The molecule has 1 aliphatic heterocycles. The minimum atomic E-state index is 0.444. The maximum absolute atomic E-state index is 4.85. The van der Waals surface area contributed by atoms with Crippen LogP contribution in [0.5, 0.6) is 0 Å². The standard InChI is InChI=1S/C27H36N6/c1-3-28-27(30-19-26-29-15-18-33(26)20-23-10-5-4-6-11-23)31-25-13-16-32(17-14-25)21-24-12-8-7-9-22(24)2/h4-12,15,18,25H,3,13-14,16-17,19-21H2,1-2H3,(H2,28,30,31). The molecule has 0 bridgehead atoms. The lowest BCUT2D eigenvalue weighted by Gasteiger charge is -2.33. The Morgan fingerprint density at radius 2 is 1.79 bits per heavy atom. The quantitative estimate of drug-likeness (QED) is 0.408. The van der Waals surface area contributed by atoms with Gasteiger partial charge in [0.25, 0.3) is 0 Å². The first-order chi connectivity index (χ1) is 16.2. The Hall–Kier alpha value is -3.12. The fraction of sp³-hybridized carbons (Fsp3) is 0.407. The molecule has 0 aliphatic carbocycles. The highest BCUT2D eigenvalue weighted by Gasteiger charge is 2.20. The average Bonchev–Trinajstić information content (AvgIpc) is 3.28. The molecule has 0 radical (unpaired) electrons. The van der Waals surface area contributed by atoms with E-state index >= 15 is 0 Å². The van der Waals surface area contributed by atoms with Crippen LogP contribution in [-0.2, 0) is 19.6 Å². The lowest BCUT2D eigenvalue weighted by atomic mass is 10.0. The normalized spacial score (nSPS) is 15.5. The number of rotatable bonds is 8. The number of aryl methyl sites for hydroxylation is 1. The molecule has 2 aromatic carbocycles. The summed E-state index contributed by atoms with van der Waals surface area (Å²) < 4.78 is 2.17. The monoisotopic (exact) mass is 444 g/mol. The molecule has 0 spiro atoms. The molecular weight excluding hydrogens is 408 g/mol. The summed E-state index contributed by atoms with van der Waals surface area (Å²) in [5.41, 5.74) is 4.08. The Labute approximate surface area is 197 Å². The van der Waals surface area contributed by atoms with E-state index in [4.69, 9.17) is 4.99 Å². The van der Waals surface area contributed by atoms with E-state index in [0.717, 1.165) is 57.3 Å². The van der Waals surface area contributed by atoms with E-state index in [1.165, 1.54) is 16.7 Å². The zero-order valence-electron chi connectivity index (χ0n) is 19.9. The van der Waals surface area contributed by atoms with Gasteiger partial charge in [-0.1, -0.05) is 54.6 Å². The summed E-state index contributed by atoms with van der Waals surface area (Å²) in [5, 5.41) is 7.07. The van der Waals surface area contributed by atoms with Crippen molar-refractivity contribution in [3.05, 3.63) is 89.5 Å². The minimum Gasteiger partial charge on any atom is -0.357 e. The van der Waals surface area contributed by atoms with Gasteiger partial charge in [0, 0.05) is 51.2 Å². The fourth-order valence-corrected chi connectivity index (χ4v) is 4.34. The van der Waals surface area contributed by atoms with Gasteiger partial charge < -0.3 is 15.2 Å². The van der Waals surface area contributed by atoms with E-state index in [1.54, 1.807) is 0 Å². The molecule has 3 aromatic rings. The molecule has 6 heteroatoms. The van der Waals surface area contributed by atoms with Crippen LogP contribution in [0.2, 0.25) is 0 Å². The SMILES string of the molecule is CCNC(=NCc1nccn1Cc1ccccc1)NC1CCN(Cc2ccccc2C)CC1. The Balaban J connectivity index is 1.30. The Kier molecular flexibility index (Phi) is 8.14. The van der Waals surface area contributed by atoms with Crippen LogP contribution >= 0.6 is 0 Å². The number of hydrogen-bond acceptors (Lipinski definition) is 3. The first-order valence-corrected chi connectivity index (χ1v) is 12.1. The van der Waals surface area contributed by atoms with Crippen molar-refractivity contribution in [2.24, 2.45) is 4.99 Å². The number of hydrogen-bond donors (Lipinski definition) is 2. The molecule has 1 aromatic heterocycles. The number of imidazole rings is 1. The van der Waals surface area contributed by atoms with Crippen molar-refractivity contribution in [3.63, 3.8) is 0 Å². The van der Waals surface area contributed by atoms with Crippen LogP contribution in [0.4, 0.5) is 0 Å². The van der Waals surface area contributed by atoms with Crippen LogP contribution in [0.15, 0.2) is 72.0 Å². The molecule has 0 unspecified atom stereocenters. The predicted octanol–water partition coefficient (Wildman–Crippen LogP) is 3.96. The van der Waals surface area contributed by atoms with Gasteiger partial charge in [0.1, 0.15) is 12.4 Å². The third-order valence-electron chi connectivity index (χ3n) is 6.30. The molecule has 1 aliphatic rings. The minimum absolute atomic E-state index is 0.444. The Bertz CT molecular complexity index is 1020. The highest BCUT2D eigenvalue weighted by Crippen LogP contribution is 2.16. The molecule has 2 N–H and O–H groups in total. The van der Waals surface area contributed by atoms with Crippen LogP contribution in [0.25, 0.3) is 0 Å². The third-order valence-corrected chi connectivity index (χ3v) is 6.30. The summed E-state index contributed by atoms with van der Waals surface area (Å²) in [6.45, 7) is 9.77. The molecule has 0 saturated carbocycles. The van der Waals surface area contributed by atoms with E-state index in [9.17, 15) is 0 Å². The van der Waals surface area contributed by atoms with Crippen LogP contribution in [0.1, 0.15) is 42.3 Å². The van der Waals surface area contributed by atoms with Crippen molar-refractivity contribution < 1.29 is 0 Å². The molecule has 2 heterocycles. The molecule has 1 saturated heterocycles. The van der Waals surface area contributed by atoms with Crippen LogP contribution in [0.3, 0.4) is 0 Å². The number of nitrogens with zero attached hydrogens (tertiary/aromatic N) is 4. The summed E-state index contributed by atoms with van der Waals surface area (Å²) in [4.78, 5) is 12.0. The van der Waals surface area contributed by atoms with E-state index < -0.39 is 0 Å². The third kappa shape index (κ3) is 6.68. The van der Waals surface area contributed by atoms with Gasteiger partial charge in [-0.2, -0.15) is 0 Å². The van der Waals surface area contributed by atoms with Gasteiger partial charge >= 0.3 is 0 Å². The molecule has 1 fully saturated rings. The predicted molar refractivity (Wildman–Crippen MR) is 135 cm³/mol. The van der Waals surface area contributed by atoms with Gasteiger partial charge in [-0.15, -0.1) is 0 Å². The molecule has 33 heavy (non-hydrogen) atoms. The fourth-order valence-electron chi connectivity index (χ4n) is 4.34. The number of guanidine groups is 1. The maximum atomic E-state index is 4.85. The molecule has 0 atom stereocenters. The Morgan fingerprint density at radius 3 is 2.55 bits per heavy atom. The molecule has 0 amide bonds. The van der Waals surface area contributed by atoms with E-state index in [0.29, 0.717) is 12.6 Å². The van der Waals surface area contributed by atoms with Gasteiger partial charge in [0.2, 0.25) is 0 Å². The Morgan fingerprint density at radius 1 is 1.03 bits per heavy atom. The van der Waals surface area contributed by atoms with Gasteiger partial charge in [-0.3, -0.25) is 4.90 Å². The smallest absolute Gasteiger partial charge is 0.191 e. The van der Waals surface area contributed by atoms with Gasteiger partial charge in [-0.05, 0) is 43.4 Å². The van der Waals surface area contributed by atoms with Crippen LogP contribution in [0, 0.1) is 6.92 Å². The van der Waals surface area contributed by atoms with Crippen molar-refractivity contribution in [2.75, 3.05) is 19.6 Å². The number of aromatic nitrogens is 2. The number of aliphatic imine (C=N–C) groups is 1. The second kappa shape index (κ2) is 11.7. The highest BCUT2D eigenvalue weighted by atomic mass is 15.2. The zero-order chi connectivity index (χ0) is 22.9. The largest absolute Gasteiger partial charge is 0.357 e. The molecule has 6 nitrogen and oxygen atoms in total. The number of piperidine rings is 1. The average molecular weight is 445 g/mol.